The summed E-state index contributed by atoms with van der Waals surface area (Å²) < 4.78 is 0. The molecule has 0 aliphatic heterocycles. The van der Waals surface area contributed by atoms with E-state index in [0.29, 0.717) is 22.8 Å². The minimum absolute atomic E-state index is 0.317. The fourth-order valence-electron chi connectivity index (χ4n) is 3.34. The summed E-state index contributed by atoms with van der Waals surface area (Å²) in [6.45, 7) is 0. The van der Waals surface area contributed by atoms with Crippen LogP contribution in [-0.2, 0) is 0 Å². The van der Waals surface area contributed by atoms with Gasteiger partial charge in [0.15, 0.2) is 0 Å². The highest BCUT2D eigenvalue weighted by atomic mass is 16.2. The summed E-state index contributed by atoms with van der Waals surface area (Å²) in [5, 5.41) is 7.24. The molecule has 0 radical (unpaired) electrons. The third kappa shape index (κ3) is 3.99. The summed E-state index contributed by atoms with van der Waals surface area (Å²) in [5.74, 6) is -0.0360. The van der Waals surface area contributed by atoms with Crippen molar-refractivity contribution in [1.82, 2.24) is 15.0 Å². The van der Waals surface area contributed by atoms with Crippen LogP contribution in [0.5, 0.6) is 0 Å². The number of carbonyl (C=O) groups excluding carboxylic acids is 2. The van der Waals surface area contributed by atoms with E-state index in [2.05, 4.69) is 25.6 Å². The Morgan fingerprint density at radius 2 is 1.06 bits per heavy atom. The molecule has 7 heteroatoms. The van der Waals surface area contributed by atoms with E-state index in [4.69, 9.17) is 0 Å². The largest absolute Gasteiger partial charge is 0.306 e. The maximum Gasteiger partial charge on any atom is 0.258 e. The van der Waals surface area contributed by atoms with E-state index < -0.39 is 0 Å². The zero-order valence-corrected chi connectivity index (χ0v) is 16.8. The molecule has 154 valence electrons. The molecule has 0 atom stereocenters. The molecule has 0 spiro atoms. The van der Waals surface area contributed by atoms with Crippen molar-refractivity contribution < 1.29 is 9.59 Å². The first-order chi connectivity index (χ1) is 15.7. The number of anilines is 2. The van der Waals surface area contributed by atoms with Crippen LogP contribution in [0.25, 0.3) is 21.8 Å². The summed E-state index contributed by atoms with van der Waals surface area (Å²) in [5.41, 5.74) is 2.47. The van der Waals surface area contributed by atoms with Crippen molar-refractivity contribution in [3.8, 4) is 0 Å². The van der Waals surface area contributed by atoms with Gasteiger partial charge in [0.25, 0.3) is 11.8 Å². The van der Waals surface area contributed by atoms with Crippen LogP contribution in [-0.4, -0.2) is 26.8 Å². The second kappa shape index (κ2) is 8.23. The molecule has 32 heavy (non-hydrogen) atoms. The average molecular weight is 419 g/mol. The van der Waals surface area contributed by atoms with Gasteiger partial charge in [0.1, 0.15) is 11.6 Å². The summed E-state index contributed by atoms with van der Waals surface area (Å²) in [6, 6.07) is 23.7. The molecular weight excluding hydrogens is 402 g/mol. The van der Waals surface area contributed by atoms with Gasteiger partial charge in [0.2, 0.25) is 0 Å². The van der Waals surface area contributed by atoms with Crippen LogP contribution < -0.4 is 10.6 Å². The highest BCUT2D eigenvalue weighted by Gasteiger charge is 2.11. The smallest absolute Gasteiger partial charge is 0.258 e. The second-order valence-corrected chi connectivity index (χ2v) is 7.15. The summed E-state index contributed by atoms with van der Waals surface area (Å²) in [7, 11) is 0. The van der Waals surface area contributed by atoms with Gasteiger partial charge in [0.05, 0.1) is 22.2 Å². The van der Waals surface area contributed by atoms with Gasteiger partial charge in [-0.05, 0) is 36.4 Å². The first kappa shape index (κ1) is 19.3. The molecule has 0 saturated heterocycles. The quantitative estimate of drug-likeness (QED) is 0.441. The van der Waals surface area contributed by atoms with Crippen molar-refractivity contribution >= 4 is 45.3 Å². The topological polar surface area (TPSA) is 96.9 Å². The van der Waals surface area contributed by atoms with Gasteiger partial charge in [-0.1, -0.05) is 42.5 Å². The van der Waals surface area contributed by atoms with Crippen molar-refractivity contribution in [3.05, 3.63) is 102 Å². The number of carbonyl (C=O) groups is 2. The Morgan fingerprint density at radius 3 is 1.56 bits per heavy atom. The lowest BCUT2D eigenvalue weighted by Gasteiger charge is -2.09. The molecule has 0 aliphatic rings. The lowest BCUT2D eigenvalue weighted by Crippen LogP contribution is -2.16. The molecule has 5 rings (SSSR count). The van der Waals surface area contributed by atoms with E-state index >= 15 is 0 Å². The van der Waals surface area contributed by atoms with Crippen LogP contribution in [0, 0.1) is 0 Å². The summed E-state index contributed by atoms with van der Waals surface area (Å²) in [4.78, 5) is 38.2. The minimum atomic E-state index is -0.335. The number of nitrogens with zero attached hydrogens (tertiary/aromatic N) is 3. The Morgan fingerprint density at radius 1 is 0.594 bits per heavy atom. The van der Waals surface area contributed by atoms with Crippen LogP contribution in [0.15, 0.2) is 91.3 Å². The number of fused-ring (bicyclic) bond motifs is 2. The number of nitrogens with one attached hydrogen (secondary N) is 2. The van der Waals surface area contributed by atoms with Crippen LogP contribution in [0.3, 0.4) is 0 Å². The lowest BCUT2D eigenvalue weighted by molar-refractivity contribution is 0.101. The Bertz CT molecular complexity index is 1370. The zero-order valence-electron chi connectivity index (χ0n) is 16.8. The molecule has 0 fully saturated rings. The SMILES string of the molecule is O=C(Nc1cccc(NC(=O)c2cnc3ccccc3c2)n1)c1cnc2ccccc2c1. The van der Waals surface area contributed by atoms with Gasteiger partial charge < -0.3 is 10.6 Å². The standard InChI is InChI=1S/C25H17N5O2/c31-24(18-12-16-6-1-3-8-20(16)26-14-18)29-22-10-5-11-23(28-22)30-25(32)19-13-17-7-2-4-9-21(17)27-15-19/h1-15H,(H2,28,29,30,31,32). The molecule has 0 unspecified atom stereocenters. The number of hydrogen-bond acceptors (Lipinski definition) is 5. The third-order valence-electron chi connectivity index (χ3n) is 4.94. The van der Waals surface area contributed by atoms with Crippen LogP contribution >= 0.6 is 0 Å². The Kier molecular flexibility index (Phi) is 4.97. The van der Waals surface area contributed by atoms with Crippen molar-refractivity contribution in [3.63, 3.8) is 0 Å². The highest BCUT2D eigenvalue weighted by Crippen LogP contribution is 2.17. The number of benzene rings is 2. The van der Waals surface area contributed by atoms with Gasteiger partial charge in [-0.15, -0.1) is 0 Å². The molecule has 2 N–H and O–H groups in total. The fourth-order valence-corrected chi connectivity index (χ4v) is 3.34. The molecule has 3 aromatic heterocycles. The van der Waals surface area contributed by atoms with Crippen LogP contribution in [0.1, 0.15) is 20.7 Å². The van der Waals surface area contributed by atoms with Crippen LogP contribution in [0.2, 0.25) is 0 Å². The number of rotatable bonds is 4. The Labute approximate surface area is 183 Å². The number of pyridine rings is 3. The lowest BCUT2D eigenvalue weighted by atomic mass is 10.1. The predicted octanol–water partition coefficient (Wildman–Crippen LogP) is 4.68. The van der Waals surface area contributed by atoms with Crippen molar-refractivity contribution in [2.45, 2.75) is 0 Å². The van der Waals surface area contributed by atoms with Crippen molar-refractivity contribution in [2.24, 2.45) is 0 Å². The van der Waals surface area contributed by atoms with Gasteiger partial charge in [-0.3, -0.25) is 19.6 Å². The fraction of sp³-hybridized carbons (Fsp3) is 0. The number of para-hydroxylation sites is 2. The molecule has 5 aromatic rings. The van der Waals surface area contributed by atoms with Gasteiger partial charge in [-0.2, -0.15) is 0 Å². The molecule has 0 saturated carbocycles. The Hall–Kier alpha value is -4.65. The van der Waals surface area contributed by atoms with Crippen molar-refractivity contribution in [2.75, 3.05) is 10.6 Å². The maximum atomic E-state index is 12.7. The third-order valence-corrected chi connectivity index (χ3v) is 4.94. The van der Waals surface area contributed by atoms with Gasteiger partial charge in [0, 0.05) is 23.2 Å². The molecule has 3 heterocycles. The number of aromatic nitrogens is 3. The highest BCUT2D eigenvalue weighted by molar-refractivity contribution is 6.07. The first-order valence-electron chi connectivity index (χ1n) is 9.95. The molecule has 0 bridgehead atoms. The number of amides is 2. The van der Waals surface area contributed by atoms with E-state index in [0.717, 1.165) is 21.8 Å². The second-order valence-electron chi connectivity index (χ2n) is 7.15. The molecular formula is C25H17N5O2. The molecule has 2 amide bonds. The summed E-state index contributed by atoms with van der Waals surface area (Å²) >= 11 is 0. The number of hydrogen-bond donors (Lipinski definition) is 2. The van der Waals surface area contributed by atoms with E-state index in [-0.39, 0.29) is 11.8 Å². The first-order valence-corrected chi connectivity index (χ1v) is 9.95. The molecule has 0 aliphatic carbocycles. The maximum absolute atomic E-state index is 12.7. The van der Waals surface area contributed by atoms with Crippen molar-refractivity contribution in [1.29, 1.82) is 0 Å². The molecule has 7 nitrogen and oxygen atoms in total. The van der Waals surface area contributed by atoms with Crippen LogP contribution in [0.4, 0.5) is 11.6 Å². The van der Waals surface area contributed by atoms with Gasteiger partial charge in [-0.25, -0.2) is 4.98 Å². The normalized spacial score (nSPS) is 10.8. The van der Waals surface area contributed by atoms with Gasteiger partial charge >= 0.3 is 0 Å². The zero-order chi connectivity index (χ0) is 21.9. The average Bonchev–Trinajstić information content (AvgIpc) is 2.83. The Balaban J connectivity index is 1.32. The van der Waals surface area contributed by atoms with E-state index in [9.17, 15) is 9.59 Å². The minimum Gasteiger partial charge on any atom is -0.306 e. The predicted molar refractivity (Wildman–Crippen MR) is 124 cm³/mol. The summed E-state index contributed by atoms with van der Waals surface area (Å²) in [6.07, 6.45) is 3.05. The van der Waals surface area contributed by atoms with E-state index in [1.165, 1.54) is 12.4 Å². The van der Waals surface area contributed by atoms with E-state index in [1.807, 2.05) is 48.5 Å². The molecule has 2 aromatic carbocycles. The monoisotopic (exact) mass is 419 g/mol. The van der Waals surface area contributed by atoms with E-state index in [1.54, 1.807) is 30.3 Å².